The smallest absolute Gasteiger partial charge is 0.306 e. The van der Waals surface area contributed by atoms with Gasteiger partial charge in [-0.1, -0.05) is 13.3 Å². The van der Waals surface area contributed by atoms with E-state index in [2.05, 4.69) is 5.10 Å². The average Bonchev–Trinajstić information content (AvgIpc) is 2.58. The third-order valence-electron chi connectivity index (χ3n) is 2.53. The predicted molar refractivity (Wildman–Crippen MR) is 57.6 cm³/mol. The summed E-state index contributed by atoms with van der Waals surface area (Å²) in [6.45, 7) is 2.01. The minimum atomic E-state index is -0.680. The van der Waals surface area contributed by atoms with Gasteiger partial charge in [-0.25, -0.2) is 0 Å². The SMILES string of the molecule is CCCC(CCc1cnn(C)c1)C(=O)O. The van der Waals surface area contributed by atoms with Crippen molar-refractivity contribution >= 4 is 5.97 Å². The Hall–Kier alpha value is -1.32. The molecule has 1 unspecified atom stereocenters. The van der Waals surface area contributed by atoms with Crippen molar-refractivity contribution in [1.29, 1.82) is 0 Å². The van der Waals surface area contributed by atoms with E-state index in [0.29, 0.717) is 6.42 Å². The van der Waals surface area contributed by atoms with Crippen molar-refractivity contribution in [3.8, 4) is 0 Å². The Morgan fingerprint density at radius 3 is 2.80 bits per heavy atom. The molecule has 1 atom stereocenters. The monoisotopic (exact) mass is 210 g/mol. The molecule has 1 N–H and O–H groups in total. The molecule has 0 bridgehead atoms. The van der Waals surface area contributed by atoms with Crippen molar-refractivity contribution in [3.05, 3.63) is 18.0 Å². The van der Waals surface area contributed by atoms with Crippen LogP contribution in [0.15, 0.2) is 12.4 Å². The highest BCUT2D eigenvalue weighted by Gasteiger charge is 2.16. The molecule has 0 spiro atoms. The van der Waals surface area contributed by atoms with E-state index < -0.39 is 5.97 Å². The van der Waals surface area contributed by atoms with E-state index in [9.17, 15) is 4.79 Å². The molecule has 4 nitrogen and oxygen atoms in total. The standard InChI is InChI=1S/C11H18N2O2/c1-3-4-10(11(14)15)6-5-9-7-12-13(2)8-9/h7-8,10H,3-6H2,1-2H3,(H,14,15). The number of aliphatic carboxylic acids is 1. The lowest BCUT2D eigenvalue weighted by atomic mass is 9.96. The molecule has 1 aromatic heterocycles. The first-order chi connectivity index (χ1) is 7.13. The minimum Gasteiger partial charge on any atom is -0.481 e. The van der Waals surface area contributed by atoms with E-state index >= 15 is 0 Å². The Morgan fingerprint density at radius 1 is 1.60 bits per heavy atom. The highest BCUT2D eigenvalue weighted by Crippen LogP contribution is 2.14. The van der Waals surface area contributed by atoms with Gasteiger partial charge in [0.25, 0.3) is 0 Å². The number of aromatic nitrogens is 2. The van der Waals surface area contributed by atoms with Gasteiger partial charge in [0.05, 0.1) is 12.1 Å². The van der Waals surface area contributed by atoms with Crippen LogP contribution in [0.4, 0.5) is 0 Å². The Labute approximate surface area is 89.9 Å². The molecule has 1 heterocycles. The second-order valence-electron chi connectivity index (χ2n) is 3.88. The Kier molecular flexibility index (Phi) is 4.34. The van der Waals surface area contributed by atoms with Crippen LogP contribution in [0.2, 0.25) is 0 Å². The van der Waals surface area contributed by atoms with Crippen LogP contribution in [0.25, 0.3) is 0 Å². The lowest BCUT2D eigenvalue weighted by Gasteiger charge is -2.09. The summed E-state index contributed by atoms with van der Waals surface area (Å²) >= 11 is 0. The number of hydrogen-bond acceptors (Lipinski definition) is 2. The van der Waals surface area contributed by atoms with E-state index in [1.807, 2.05) is 20.2 Å². The number of carboxylic acids is 1. The van der Waals surface area contributed by atoms with E-state index in [0.717, 1.165) is 24.8 Å². The topological polar surface area (TPSA) is 55.1 Å². The van der Waals surface area contributed by atoms with Crippen LogP contribution in [0.5, 0.6) is 0 Å². The van der Waals surface area contributed by atoms with Crippen LogP contribution in [0.1, 0.15) is 31.7 Å². The first kappa shape index (κ1) is 11.8. The molecule has 1 aromatic rings. The Balaban J connectivity index is 2.43. The zero-order valence-electron chi connectivity index (χ0n) is 9.31. The molecule has 4 heteroatoms. The largest absolute Gasteiger partial charge is 0.481 e. The number of carbonyl (C=O) groups is 1. The predicted octanol–water partition coefficient (Wildman–Crippen LogP) is 1.85. The average molecular weight is 210 g/mol. The number of hydrogen-bond donors (Lipinski definition) is 1. The molecule has 0 aromatic carbocycles. The van der Waals surface area contributed by atoms with Gasteiger partial charge in [-0.3, -0.25) is 9.48 Å². The van der Waals surface area contributed by atoms with Gasteiger partial charge < -0.3 is 5.11 Å². The minimum absolute atomic E-state index is 0.213. The van der Waals surface area contributed by atoms with Crippen LogP contribution in [0, 0.1) is 5.92 Å². The second-order valence-corrected chi connectivity index (χ2v) is 3.88. The molecular formula is C11H18N2O2. The number of nitrogens with zero attached hydrogens (tertiary/aromatic N) is 2. The van der Waals surface area contributed by atoms with Gasteiger partial charge in [0.1, 0.15) is 0 Å². The van der Waals surface area contributed by atoms with Crippen molar-refractivity contribution in [2.75, 3.05) is 0 Å². The van der Waals surface area contributed by atoms with Gasteiger partial charge in [0.15, 0.2) is 0 Å². The lowest BCUT2D eigenvalue weighted by Crippen LogP contribution is -2.14. The van der Waals surface area contributed by atoms with E-state index in [-0.39, 0.29) is 5.92 Å². The van der Waals surface area contributed by atoms with Gasteiger partial charge in [-0.05, 0) is 24.8 Å². The lowest BCUT2D eigenvalue weighted by molar-refractivity contribution is -0.142. The van der Waals surface area contributed by atoms with Crippen LogP contribution < -0.4 is 0 Å². The quantitative estimate of drug-likeness (QED) is 0.779. The first-order valence-electron chi connectivity index (χ1n) is 5.33. The van der Waals surface area contributed by atoms with Gasteiger partial charge >= 0.3 is 5.97 Å². The number of carboxylic acid groups (broad SMARTS) is 1. The molecule has 0 fully saturated rings. The van der Waals surface area contributed by atoms with Crippen molar-refractivity contribution in [2.45, 2.75) is 32.6 Å². The summed E-state index contributed by atoms with van der Waals surface area (Å²) in [5, 5.41) is 13.0. The summed E-state index contributed by atoms with van der Waals surface area (Å²) in [6.07, 6.45) is 6.91. The molecule has 0 radical (unpaired) electrons. The summed E-state index contributed by atoms with van der Waals surface area (Å²) in [4.78, 5) is 10.9. The van der Waals surface area contributed by atoms with E-state index in [1.165, 1.54) is 0 Å². The molecular weight excluding hydrogens is 192 g/mol. The molecule has 0 saturated heterocycles. The molecule has 0 aliphatic heterocycles. The van der Waals surface area contributed by atoms with Gasteiger partial charge in [0.2, 0.25) is 0 Å². The summed E-state index contributed by atoms with van der Waals surface area (Å²) in [7, 11) is 1.87. The van der Waals surface area contributed by atoms with Gasteiger partial charge in [-0.15, -0.1) is 0 Å². The third kappa shape index (κ3) is 3.73. The fraction of sp³-hybridized carbons (Fsp3) is 0.636. The highest BCUT2D eigenvalue weighted by molar-refractivity contribution is 5.69. The fourth-order valence-corrected chi connectivity index (χ4v) is 1.68. The van der Waals surface area contributed by atoms with Crippen LogP contribution in [-0.2, 0) is 18.3 Å². The normalized spacial score (nSPS) is 12.7. The highest BCUT2D eigenvalue weighted by atomic mass is 16.4. The first-order valence-corrected chi connectivity index (χ1v) is 5.33. The molecule has 0 aliphatic rings. The van der Waals surface area contributed by atoms with Crippen LogP contribution in [-0.4, -0.2) is 20.9 Å². The maximum atomic E-state index is 10.9. The summed E-state index contributed by atoms with van der Waals surface area (Å²) in [5.41, 5.74) is 1.11. The van der Waals surface area contributed by atoms with E-state index in [4.69, 9.17) is 5.11 Å². The summed E-state index contributed by atoms with van der Waals surface area (Å²) in [5.74, 6) is -0.893. The number of rotatable bonds is 6. The van der Waals surface area contributed by atoms with Crippen molar-refractivity contribution in [3.63, 3.8) is 0 Å². The molecule has 1 rings (SSSR count). The van der Waals surface area contributed by atoms with Gasteiger partial charge in [-0.2, -0.15) is 5.10 Å². The Bertz CT molecular complexity index is 320. The van der Waals surface area contributed by atoms with E-state index in [1.54, 1.807) is 10.9 Å². The van der Waals surface area contributed by atoms with Crippen LogP contribution in [0.3, 0.4) is 0 Å². The summed E-state index contributed by atoms with van der Waals surface area (Å²) in [6, 6.07) is 0. The van der Waals surface area contributed by atoms with Gasteiger partial charge in [0, 0.05) is 13.2 Å². The van der Waals surface area contributed by atoms with Crippen molar-refractivity contribution in [1.82, 2.24) is 9.78 Å². The summed E-state index contributed by atoms with van der Waals surface area (Å²) < 4.78 is 1.74. The third-order valence-corrected chi connectivity index (χ3v) is 2.53. The molecule has 0 aliphatic carbocycles. The zero-order chi connectivity index (χ0) is 11.3. The van der Waals surface area contributed by atoms with Crippen LogP contribution >= 0.6 is 0 Å². The molecule has 0 amide bonds. The molecule has 15 heavy (non-hydrogen) atoms. The number of aryl methyl sites for hydroxylation is 2. The van der Waals surface area contributed by atoms with Crippen molar-refractivity contribution < 1.29 is 9.90 Å². The Morgan fingerprint density at radius 2 is 2.33 bits per heavy atom. The second kappa shape index (κ2) is 5.53. The molecule has 0 saturated carbocycles. The van der Waals surface area contributed by atoms with Crippen molar-refractivity contribution in [2.24, 2.45) is 13.0 Å². The molecule has 84 valence electrons. The fourth-order valence-electron chi connectivity index (χ4n) is 1.68. The maximum Gasteiger partial charge on any atom is 0.306 e. The maximum absolute atomic E-state index is 10.9. The zero-order valence-corrected chi connectivity index (χ0v) is 9.31.